The third-order valence-corrected chi connectivity index (χ3v) is 9.95. The van der Waals surface area contributed by atoms with Crippen molar-refractivity contribution in [2.24, 2.45) is 17.8 Å². The highest BCUT2D eigenvalue weighted by Crippen LogP contribution is 2.66. The number of nitrogens with one attached hydrogen (secondary N) is 2. The third kappa shape index (κ3) is 4.28. The number of anilines is 2. The van der Waals surface area contributed by atoms with Crippen molar-refractivity contribution in [3.63, 3.8) is 0 Å². The number of fused-ring (bicyclic) bond motifs is 1. The molecule has 3 amide bonds. The standard InChI is InChI=1S/C28H33N3O5S/c1-16(2)20(15-32)31-24(26(34)30-18-9-11-19(36-3)12-10-18)28-14-13-21(37-28)22(23(28)27(31)35)25(33)29-17-7-5-4-6-8-17/h4-12,16,20-24,32H,13-15H2,1-3H3,(H,29,33)(H,30,34)/t20-,21-,22+,23-,24?,28?/m0/s1. The molecule has 5 rings (SSSR count). The Bertz CT molecular complexity index is 1170. The molecule has 8 nitrogen and oxygen atoms in total. The number of likely N-dealkylation sites (tertiary alicyclic amines) is 1. The summed E-state index contributed by atoms with van der Waals surface area (Å²) in [5.74, 6) is -1.27. The summed E-state index contributed by atoms with van der Waals surface area (Å²) in [7, 11) is 1.58. The Kier molecular flexibility index (Phi) is 6.93. The number of benzene rings is 2. The number of aliphatic hydroxyl groups is 1. The summed E-state index contributed by atoms with van der Waals surface area (Å²) in [5, 5.41) is 16.2. The van der Waals surface area contributed by atoms with E-state index in [2.05, 4.69) is 10.6 Å². The molecule has 0 aliphatic carbocycles. The zero-order chi connectivity index (χ0) is 26.3. The van der Waals surface area contributed by atoms with Crippen molar-refractivity contribution < 1.29 is 24.2 Å². The van der Waals surface area contributed by atoms with Crippen molar-refractivity contribution in [1.82, 2.24) is 4.90 Å². The average molecular weight is 524 g/mol. The van der Waals surface area contributed by atoms with E-state index in [-0.39, 0.29) is 35.5 Å². The lowest BCUT2D eigenvalue weighted by atomic mass is 9.70. The second kappa shape index (κ2) is 10.0. The second-order valence-electron chi connectivity index (χ2n) is 10.4. The molecule has 0 aromatic heterocycles. The molecule has 3 aliphatic rings. The first-order valence-electron chi connectivity index (χ1n) is 12.7. The fraction of sp³-hybridized carbons (Fsp3) is 0.464. The van der Waals surface area contributed by atoms with E-state index in [1.54, 1.807) is 48.0 Å². The topological polar surface area (TPSA) is 108 Å². The van der Waals surface area contributed by atoms with Gasteiger partial charge in [-0.25, -0.2) is 0 Å². The Morgan fingerprint density at radius 1 is 1.08 bits per heavy atom. The van der Waals surface area contributed by atoms with Crippen LogP contribution in [0.1, 0.15) is 26.7 Å². The largest absolute Gasteiger partial charge is 0.497 e. The predicted octanol–water partition coefficient (Wildman–Crippen LogP) is 3.38. The zero-order valence-corrected chi connectivity index (χ0v) is 22.0. The molecule has 37 heavy (non-hydrogen) atoms. The van der Waals surface area contributed by atoms with Gasteiger partial charge >= 0.3 is 0 Å². The van der Waals surface area contributed by atoms with Gasteiger partial charge in [-0.05, 0) is 55.2 Å². The van der Waals surface area contributed by atoms with Crippen molar-refractivity contribution in [3.05, 3.63) is 54.6 Å². The summed E-state index contributed by atoms with van der Waals surface area (Å²) in [6, 6.07) is 14.9. The van der Waals surface area contributed by atoms with Crippen LogP contribution in [-0.2, 0) is 14.4 Å². The molecule has 0 saturated carbocycles. The molecule has 9 heteroatoms. The van der Waals surface area contributed by atoms with Crippen LogP contribution in [0.25, 0.3) is 0 Å². The minimum atomic E-state index is -0.795. The van der Waals surface area contributed by atoms with Gasteiger partial charge in [-0.1, -0.05) is 32.0 Å². The van der Waals surface area contributed by atoms with Crippen LogP contribution in [0.15, 0.2) is 54.6 Å². The number of amides is 3. The Balaban J connectivity index is 1.49. The van der Waals surface area contributed by atoms with Crippen LogP contribution in [0.4, 0.5) is 11.4 Å². The van der Waals surface area contributed by atoms with Crippen LogP contribution in [-0.4, -0.2) is 63.5 Å². The maximum Gasteiger partial charge on any atom is 0.248 e. The summed E-state index contributed by atoms with van der Waals surface area (Å²) in [6.07, 6.45) is 1.42. The van der Waals surface area contributed by atoms with Crippen LogP contribution in [0.5, 0.6) is 5.75 Å². The highest BCUT2D eigenvalue weighted by atomic mass is 32.2. The number of ether oxygens (including phenoxy) is 1. The van der Waals surface area contributed by atoms with Gasteiger partial charge in [-0.15, -0.1) is 11.8 Å². The first kappa shape index (κ1) is 25.6. The molecule has 3 N–H and O–H groups in total. The average Bonchev–Trinajstić information content (AvgIpc) is 3.53. The Morgan fingerprint density at radius 3 is 2.35 bits per heavy atom. The Labute approximate surface area is 221 Å². The number of rotatable bonds is 8. The number of carbonyl (C=O) groups is 3. The van der Waals surface area contributed by atoms with Crippen LogP contribution >= 0.6 is 11.8 Å². The number of aliphatic hydroxyl groups excluding tert-OH is 1. The molecule has 3 fully saturated rings. The molecule has 2 aromatic rings. The first-order chi connectivity index (χ1) is 17.8. The van der Waals surface area contributed by atoms with Crippen molar-refractivity contribution in [2.75, 3.05) is 24.4 Å². The maximum absolute atomic E-state index is 14.1. The van der Waals surface area contributed by atoms with Gasteiger partial charge in [0.25, 0.3) is 0 Å². The van der Waals surface area contributed by atoms with Gasteiger partial charge in [-0.2, -0.15) is 0 Å². The molecular weight excluding hydrogens is 490 g/mol. The van der Waals surface area contributed by atoms with E-state index in [0.29, 0.717) is 23.5 Å². The molecule has 0 radical (unpaired) electrons. The van der Waals surface area contributed by atoms with Crippen molar-refractivity contribution in [3.8, 4) is 5.75 Å². The lowest BCUT2D eigenvalue weighted by Gasteiger charge is -2.38. The number of hydrogen-bond donors (Lipinski definition) is 3. The van der Waals surface area contributed by atoms with Gasteiger partial charge in [-0.3, -0.25) is 14.4 Å². The molecule has 1 spiro atoms. The number of thioether (sulfide) groups is 1. The fourth-order valence-corrected chi connectivity index (χ4v) is 8.51. The van der Waals surface area contributed by atoms with E-state index in [1.807, 2.05) is 44.2 Å². The molecule has 3 aliphatic heterocycles. The number of methoxy groups -OCH3 is 1. The molecule has 3 saturated heterocycles. The fourth-order valence-electron chi connectivity index (χ4n) is 6.30. The summed E-state index contributed by atoms with van der Waals surface area (Å²) < 4.78 is 4.49. The van der Waals surface area contributed by atoms with Gasteiger partial charge in [0.1, 0.15) is 11.8 Å². The van der Waals surface area contributed by atoms with Crippen LogP contribution in [0.3, 0.4) is 0 Å². The van der Waals surface area contributed by atoms with Crippen LogP contribution in [0.2, 0.25) is 0 Å². The van der Waals surface area contributed by atoms with Crippen LogP contribution in [0, 0.1) is 17.8 Å². The molecule has 196 valence electrons. The molecule has 2 aromatic carbocycles. The highest BCUT2D eigenvalue weighted by Gasteiger charge is 2.74. The molecule has 2 unspecified atom stereocenters. The lowest BCUT2D eigenvalue weighted by molar-refractivity contribution is -0.142. The van der Waals surface area contributed by atoms with E-state index < -0.39 is 28.7 Å². The summed E-state index contributed by atoms with van der Waals surface area (Å²) >= 11 is 1.61. The molecule has 2 bridgehead atoms. The van der Waals surface area contributed by atoms with E-state index in [4.69, 9.17) is 4.74 Å². The molecule has 6 atom stereocenters. The second-order valence-corrected chi connectivity index (χ2v) is 12.0. The minimum absolute atomic E-state index is 0.0391. The summed E-state index contributed by atoms with van der Waals surface area (Å²) in [4.78, 5) is 43.2. The summed E-state index contributed by atoms with van der Waals surface area (Å²) in [5.41, 5.74) is 1.28. The van der Waals surface area contributed by atoms with Gasteiger partial charge < -0.3 is 25.4 Å². The van der Waals surface area contributed by atoms with E-state index in [9.17, 15) is 19.5 Å². The minimum Gasteiger partial charge on any atom is -0.497 e. The Hall–Kier alpha value is -3.04. The van der Waals surface area contributed by atoms with Gasteiger partial charge in [0.2, 0.25) is 17.7 Å². The number of para-hydroxylation sites is 1. The van der Waals surface area contributed by atoms with Gasteiger partial charge in [0.05, 0.1) is 36.3 Å². The van der Waals surface area contributed by atoms with E-state index >= 15 is 0 Å². The normalized spacial score (nSPS) is 28.8. The molecule has 3 heterocycles. The molecular formula is C28H33N3O5S. The Morgan fingerprint density at radius 2 is 1.73 bits per heavy atom. The number of carbonyl (C=O) groups excluding carboxylic acids is 3. The van der Waals surface area contributed by atoms with Crippen molar-refractivity contribution in [2.45, 2.75) is 48.8 Å². The monoisotopic (exact) mass is 523 g/mol. The van der Waals surface area contributed by atoms with Crippen molar-refractivity contribution >= 4 is 40.9 Å². The number of hydrogen-bond acceptors (Lipinski definition) is 6. The highest BCUT2D eigenvalue weighted by molar-refractivity contribution is 8.02. The predicted molar refractivity (Wildman–Crippen MR) is 143 cm³/mol. The smallest absolute Gasteiger partial charge is 0.248 e. The van der Waals surface area contributed by atoms with E-state index in [1.165, 1.54) is 0 Å². The van der Waals surface area contributed by atoms with Gasteiger partial charge in [0.15, 0.2) is 0 Å². The van der Waals surface area contributed by atoms with E-state index in [0.717, 1.165) is 6.42 Å². The first-order valence-corrected chi connectivity index (χ1v) is 13.6. The maximum atomic E-state index is 14.1. The third-order valence-electron chi connectivity index (χ3n) is 8.00. The van der Waals surface area contributed by atoms with Crippen molar-refractivity contribution in [1.29, 1.82) is 0 Å². The van der Waals surface area contributed by atoms with Crippen LogP contribution < -0.4 is 15.4 Å². The SMILES string of the molecule is COc1ccc(NC(=O)C2N([C@@H](CO)C(C)C)C(=O)[C@@H]3[C@H](C(=O)Nc4ccccc4)[C@@H]4CCC23S4)cc1. The summed E-state index contributed by atoms with van der Waals surface area (Å²) in [6.45, 7) is 3.61. The zero-order valence-electron chi connectivity index (χ0n) is 21.2. The van der Waals surface area contributed by atoms with Gasteiger partial charge in [0, 0.05) is 16.6 Å². The lowest BCUT2D eigenvalue weighted by Crippen LogP contribution is -2.56. The quantitative estimate of drug-likeness (QED) is 0.490. The number of nitrogens with zero attached hydrogens (tertiary/aromatic N) is 1.